The first-order valence-electron chi connectivity index (χ1n) is 9.95. The summed E-state index contributed by atoms with van der Waals surface area (Å²) in [6.45, 7) is 4.97. The van der Waals surface area contributed by atoms with E-state index in [2.05, 4.69) is 14.9 Å². The average Bonchev–Trinajstić information content (AvgIpc) is 3.09. The van der Waals surface area contributed by atoms with E-state index in [0.29, 0.717) is 29.8 Å². The first-order chi connectivity index (χ1) is 14.5. The van der Waals surface area contributed by atoms with Gasteiger partial charge < -0.3 is 9.88 Å². The maximum absolute atomic E-state index is 12.9. The number of ketones is 1. The number of aromatic nitrogens is 2. The molecular weight excluding hydrogens is 374 g/mol. The summed E-state index contributed by atoms with van der Waals surface area (Å²) in [7, 11) is 0. The Kier molecular flexibility index (Phi) is 5.44. The fraction of sp³-hybridized carbons (Fsp3) is 0.160. The SMILES string of the molecule is Cc1ccc(C(=O)c2ccccc2C(=O)NCCn2c(C)nc3ccccc32)cc1. The van der Waals surface area contributed by atoms with Crippen molar-refractivity contribution in [1.82, 2.24) is 14.9 Å². The lowest BCUT2D eigenvalue weighted by Crippen LogP contribution is -2.29. The summed E-state index contributed by atoms with van der Waals surface area (Å²) in [5.74, 6) is 0.491. The number of hydrogen-bond acceptors (Lipinski definition) is 3. The molecule has 0 aliphatic rings. The lowest BCUT2D eigenvalue weighted by Gasteiger charge is -2.11. The van der Waals surface area contributed by atoms with E-state index < -0.39 is 0 Å². The van der Waals surface area contributed by atoms with Gasteiger partial charge in [-0.05, 0) is 32.0 Å². The minimum atomic E-state index is -0.256. The second-order valence-corrected chi connectivity index (χ2v) is 7.30. The van der Waals surface area contributed by atoms with Crippen LogP contribution in [-0.4, -0.2) is 27.8 Å². The molecule has 0 aliphatic carbocycles. The molecule has 5 nitrogen and oxygen atoms in total. The lowest BCUT2D eigenvalue weighted by molar-refractivity contribution is 0.0941. The van der Waals surface area contributed by atoms with Gasteiger partial charge in [0.2, 0.25) is 0 Å². The molecule has 1 heterocycles. The molecule has 0 aliphatic heterocycles. The van der Waals surface area contributed by atoms with Crippen molar-refractivity contribution in [3.63, 3.8) is 0 Å². The molecule has 30 heavy (non-hydrogen) atoms. The number of imidazole rings is 1. The maximum atomic E-state index is 12.9. The predicted octanol–water partition coefficient (Wildman–Crippen LogP) is 4.31. The summed E-state index contributed by atoms with van der Waals surface area (Å²) < 4.78 is 2.08. The summed E-state index contributed by atoms with van der Waals surface area (Å²) in [5.41, 5.74) is 4.43. The minimum absolute atomic E-state index is 0.155. The van der Waals surface area contributed by atoms with E-state index in [0.717, 1.165) is 22.4 Å². The molecule has 0 saturated carbocycles. The number of benzene rings is 3. The van der Waals surface area contributed by atoms with Crippen LogP contribution in [-0.2, 0) is 6.54 Å². The molecule has 0 unspecified atom stereocenters. The quantitative estimate of drug-likeness (QED) is 0.493. The zero-order chi connectivity index (χ0) is 21.1. The Balaban J connectivity index is 1.49. The third-order valence-corrected chi connectivity index (χ3v) is 5.20. The highest BCUT2D eigenvalue weighted by Crippen LogP contribution is 2.17. The molecule has 1 N–H and O–H groups in total. The topological polar surface area (TPSA) is 64.0 Å². The monoisotopic (exact) mass is 397 g/mol. The maximum Gasteiger partial charge on any atom is 0.252 e. The van der Waals surface area contributed by atoms with Gasteiger partial charge in [-0.2, -0.15) is 0 Å². The lowest BCUT2D eigenvalue weighted by atomic mass is 9.97. The Morgan fingerprint density at radius 3 is 2.30 bits per heavy atom. The Morgan fingerprint density at radius 2 is 1.53 bits per heavy atom. The van der Waals surface area contributed by atoms with Crippen molar-refractivity contribution in [3.8, 4) is 0 Å². The molecule has 1 aromatic heterocycles. The average molecular weight is 397 g/mol. The van der Waals surface area contributed by atoms with E-state index in [1.54, 1.807) is 36.4 Å². The first-order valence-corrected chi connectivity index (χ1v) is 9.95. The van der Waals surface area contributed by atoms with Crippen molar-refractivity contribution in [1.29, 1.82) is 0 Å². The highest BCUT2D eigenvalue weighted by molar-refractivity contribution is 6.15. The molecule has 4 aromatic rings. The second-order valence-electron chi connectivity index (χ2n) is 7.30. The van der Waals surface area contributed by atoms with Crippen LogP contribution >= 0.6 is 0 Å². The molecule has 0 spiro atoms. The number of rotatable bonds is 6. The van der Waals surface area contributed by atoms with Gasteiger partial charge >= 0.3 is 0 Å². The van der Waals surface area contributed by atoms with E-state index >= 15 is 0 Å². The Hall–Kier alpha value is -3.73. The van der Waals surface area contributed by atoms with Crippen LogP contribution in [0.1, 0.15) is 37.7 Å². The van der Waals surface area contributed by atoms with Crippen LogP contribution in [0.15, 0.2) is 72.8 Å². The third kappa shape index (κ3) is 3.87. The van der Waals surface area contributed by atoms with E-state index in [4.69, 9.17) is 0 Å². The largest absolute Gasteiger partial charge is 0.350 e. The van der Waals surface area contributed by atoms with Gasteiger partial charge in [-0.1, -0.05) is 60.2 Å². The van der Waals surface area contributed by atoms with Gasteiger partial charge in [0, 0.05) is 24.2 Å². The second kappa shape index (κ2) is 8.33. The van der Waals surface area contributed by atoms with Crippen molar-refractivity contribution in [3.05, 3.63) is 101 Å². The van der Waals surface area contributed by atoms with Crippen LogP contribution in [0.3, 0.4) is 0 Å². The highest BCUT2D eigenvalue weighted by Gasteiger charge is 2.18. The van der Waals surface area contributed by atoms with Gasteiger partial charge in [0.05, 0.1) is 16.6 Å². The molecule has 1 amide bonds. The van der Waals surface area contributed by atoms with Crippen LogP contribution in [0.25, 0.3) is 11.0 Å². The number of fused-ring (bicyclic) bond motifs is 1. The molecule has 150 valence electrons. The smallest absolute Gasteiger partial charge is 0.252 e. The first kappa shape index (κ1) is 19.6. The predicted molar refractivity (Wildman–Crippen MR) is 118 cm³/mol. The van der Waals surface area contributed by atoms with Crippen molar-refractivity contribution in [2.75, 3.05) is 6.54 Å². The van der Waals surface area contributed by atoms with E-state index in [1.807, 2.05) is 50.2 Å². The highest BCUT2D eigenvalue weighted by atomic mass is 16.2. The van der Waals surface area contributed by atoms with Crippen molar-refractivity contribution in [2.45, 2.75) is 20.4 Å². The molecule has 0 bridgehead atoms. The van der Waals surface area contributed by atoms with Crippen LogP contribution in [0.4, 0.5) is 0 Å². The molecule has 0 radical (unpaired) electrons. The van der Waals surface area contributed by atoms with Crippen molar-refractivity contribution >= 4 is 22.7 Å². The van der Waals surface area contributed by atoms with E-state index in [1.165, 1.54) is 0 Å². The van der Waals surface area contributed by atoms with Crippen molar-refractivity contribution < 1.29 is 9.59 Å². The number of aryl methyl sites for hydroxylation is 2. The minimum Gasteiger partial charge on any atom is -0.350 e. The number of carbonyl (C=O) groups excluding carboxylic acids is 2. The number of nitrogens with zero attached hydrogens (tertiary/aromatic N) is 2. The summed E-state index contributed by atoms with van der Waals surface area (Å²) in [6.07, 6.45) is 0. The molecule has 5 heteroatoms. The van der Waals surface area contributed by atoms with E-state index in [-0.39, 0.29) is 11.7 Å². The molecule has 4 rings (SSSR count). The number of para-hydroxylation sites is 2. The number of amides is 1. The van der Waals surface area contributed by atoms with Crippen molar-refractivity contribution in [2.24, 2.45) is 0 Å². The molecular formula is C25H23N3O2. The van der Waals surface area contributed by atoms with Gasteiger partial charge in [-0.3, -0.25) is 9.59 Å². The van der Waals surface area contributed by atoms with Crippen LogP contribution in [0, 0.1) is 13.8 Å². The van der Waals surface area contributed by atoms with Gasteiger partial charge in [0.15, 0.2) is 5.78 Å². The Bertz CT molecular complexity index is 1220. The molecule has 0 saturated heterocycles. The number of carbonyl (C=O) groups is 2. The summed E-state index contributed by atoms with van der Waals surface area (Å²) in [4.78, 5) is 30.3. The third-order valence-electron chi connectivity index (χ3n) is 5.20. The fourth-order valence-electron chi connectivity index (χ4n) is 3.59. The standard InChI is InChI=1S/C25H23N3O2/c1-17-11-13-19(14-12-17)24(29)20-7-3-4-8-21(20)25(30)26-15-16-28-18(2)27-22-9-5-6-10-23(22)28/h3-14H,15-16H2,1-2H3,(H,26,30). The Labute approximate surface area is 175 Å². The fourth-order valence-corrected chi connectivity index (χ4v) is 3.59. The van der Waals surface area contributed by atoms with Crippen LogP contribution in [0.2, 0.25) is 0 Å². The van der Waals surface area contributed by atoms with Crippen LogP contribution in [0.5, 0.6) is 0 Å². The molecule has 0 atom stereocenters. The normalized spacial score (nSPS) is 10.9. The van der Waals surface area contributed by atoms with Gasteiger partial charge in [-0.25, -0.2) is 4.98 Å². The number of hydrogen-bond donors (Lipinski definition) is 1. The Morgan fingerprint density at radius 1 is 0.867 bits per heavy atom. The molecule has 0 fully saturated rings. The number of nitrogens with one attached hydrogen (secondary N) is 1. The van der Waals surface area contributed by atoms with Gasteiger partial charge in [0.25, 0.3) is 5.91 Å². The van der Waals surface area contributed by atoms with E-state index in [9.17, 15) is 9.59 Å². The summed E-state index contributed by atoms with van der Waals surface area (Å²) >= 11 is 0. The van der Waals surface area contributed by atoms with Gasteiger partial charge in [-0.15, -0.1) is 0 Å². The van der Waals surface area contributed by atoms with Crippen LogP contribution < -0.4 is 5.32 Å². The molecule has 3 aromatic carbocycles. The summed E-state index contributed by atoms with van der Waals surface area (Å²) in [6, 6.07) is 22.2. The van der Waals surface area contributed by atoms with Gasteiger partial charge in [0.1, 0.15) is 5.82 Å². The summed E-state index contributed by atoms with van der Waals surface area (Å²) in [5, 5.41) is 2.95. The zero-order valence-electron chi connectivity index (χ0n) is 17.1. The zero-order valence-corrected chi connectivity index (χ0v) is 17.1.